The Bertz CT molecular complexity index is 876. The topological polar surface area (TPSA) is 37.4 Å². The molecule has 3 nitrogen and oxygen atoms in total. The molecule has 0 unspecified atom stereocenters. The highest BCUT2D eigenvalue weighted by Gasteiger charge is 2.37. The Balaban J connectivity index is 1.73. The highest BCUT2D eigenvalue weighted by molar-refractivity contribution is 8.18. The van der Waals surface area contributed by atoms with E-state index in [1.165, 1.54) is 4.90 Å². The number of halogens is 1. The van der Waals surface area contributed by atoms with Gasteiger partial charge in [0.1, 0.15) is 0 Å². The molecule has 1 aliphatic heterocycles. The number of hydrogen-bond donors (Lipinski definition) is 0. The monoisotopic (exact) mass is 401 g/mol. The van der Waals surface area contributed by atoms with Gasteiger partial charge >= 0.3 is 0 Å². The Morgan fingerprint density at radius 2 is 1.65 bits per heavy atom. The van der Waals surface area contributed by atoms with Gasteiger partial charge in [-0.2, -0.15) is 0 Å². The van der Waals surface area contributed by atoms with Crippen LogP contribution >= 0.6 is 35.1 Å². The SMILES string of the molecule is C=C[C@@H](C)N1C(=O)S/C(=C\c2ccc(Sc3ccc(Cl)cc3)cc2)C1=O. The van der Waals surface area contributed by atoms with E-state index in [4.69, 9.17) is 11.6 Å². The largest absolute Gasteiger partial charge is 0.294 e. The molecule has 2 aromatic carbocycles. The Kier molecular flexibility index (Phi) is 5.91. The molecule has 2 amide bonds. The standard InChI is InChI=1S/C20H16ClNO2S2/c1-3-13(2)22-19(23)18(26-20(22)24)12-14-4-8-16(9-5-14)25-17-10-6-15(21)7-11-17/h3-13H,1H2,2H3/b18-12-/t13-/m1/s1. The number of hydrogen-bond acceptors (Lipinski definition) is 4. The van der Waals surface area contributed by atoms with Crippen molar-refractivity contribution in [1.82, 2.24) is 4.90 Å². The van der Waals surface area contributed by atoms with Crippen molar-refractivity contribution in [2.45, 2.75) is 22.8 Å². The van der Waals surface area contributed by atoms with E-state index >= 15 is 0 Å². The first kappa shape index (κ1) is 18.8. The molecule has 0 bridgehead atoms. The van der Waals surface area contributed by atoms with Gasteiger partial charge in [0.25, 0.3) is 11.1 Å². The molecule has 0 spiro atoms. The van der Waals surface area contributed by atoms with Crippen LogP contribution in [-0.4, -0.2) is 22.1 Å². The Morgan fingerprint density at radius 1 is 1.08 bits per heavy atom. The average molecular weight is 402 g/mol. The molecule has 2 aromatic rings. The maximum atomic E-state index is 12.4. The van der Waals surface area contributed by atoms with Crippen molar-refractivity contribution in [3.8, 4) is 0 Å². The minimum absolute atomic E-state index is 0.261. The summed E-state index contributed by atoms with van der Waals surface area (Å²) in [6.07, 6.45) is 3.33. The fourth-order valence-electron chi connectivity index (χ4n) is 2.36. The third-order valence-electron chi connectivity index (χ3n) is 3.80. The number of thioether (sulfide) groups is 1. The maximum absolute atomic E-state index is 12.4. The van der Waals surface area contributed by atoms with Crippen LogP contribution in [0.1, 0.15) is 12.5 Å². The average Bonchev–Trinajstić information content (AvgIpc) is 2.91. The van der Waals surface area contributed by atoms with Gasteiger partial charge < -0.3 is 0 Å². The van der Waals surface area contributed by atoms with Gasteiger partial charge in [0.05, 0.1) is 10.9 Å². The number of rotatable bonds is 5. The minimum Gasteiger partial charge on any atom is -0.268 e. The van der Waals surface area contributed by atoms with Crippen LogP contribution < -0.4 is 0 Å². The summed E-state index contributed by atoms with van der Waals surface area (Å²) in [6.45, 7) is 5.42. The number of imide groups is 1. The van der Waals surface area contributed by atoms with Gasteiger partial charge in [-0.1, -0.05) is 41.6 Å². The van der Waals surface area contributed by atoms with Crippen LogP contribution in [0.2, 0.25) is 5.02 Å². The van der Waals surface area contributed by atoms with Gasteiger partial charge in [-0.3, -0.25) is 14.5 Å². The quantitative estimate of drug-likeness (QED) is 0.448. The molecule has 1 atom stereocenters. The van der Waals surface area contributed by atoms with Crippen LogP contribution in [0.25, 0.3) is 6.08 Å². The van der Waals surface area contributed by atoms with E-state index in [1.54, 1.807) is 30.8 Å². The second kappa shape index (κ2) is 8.16. The fraction of sp³-hybridized carbons (Fsp3) is 0.100. The molecule has 0 aromatic heterocycles. The first-order chi connectivity index (χ1) is 12.5. The van der Waals surface area contributed by atoms with E-state index in [1.807, 2.05) is 48.5 Å². The lowest BCUT2D eigenvalue weighted by atomic mass is 10.2. The summed E-state index contributed by atoms with van der Waals surface area (Å²) >= 11 is 8.49. The zero-order chi connectivity index (χ0) is 18.7. The third kappa shape index (κ3) is 4.23. The fourth-order valence-corrected chi connectivity index (χ4v) is 4.22. The summed E-state index contributed by atoms with van der Waals surface area (Å²) in [5, 5.41) is 0.452. The number of benzene rings is 2. The second-order valence-electron chi connectivity index (χ2n) is 5.65. The molecular formula is C20H16ClNO2S2. The summed E-state index contributed by atoms with van der Waals surface area (Å²) in [7, 11) is 0. The third-order valence-corrected chi connectivity index (χ3v) is 5.95. The summed E-state index contributed by atoms with van der Waals surface area (Å²) < 4.78 is 0. The lowest BCUT2D eigenvalue weighted by Gasteiger charge is -2.17. The van der Waals surface area contributed by atoms with E-state index in [2.05, 4.69) is 6.58 Å². The first-order valence-electron chi connectivity index (χ1n) is 7.91. The molecule has 0 N–H and O–H groups in total. The van der Waals surface area contributed by atoms with E-state index < -0.39 is 0 Å². The first-order valence-corrected chi connectivity index (χ1v) is 9.92. The predicted molar refractivity (Wildman–Crippen MR) is 109 cm³/mol. The molecule has 1 heterocycles. The van der Waals surface area contributed by atoms with Gasteiger partial charge in [-0.25, -0.2) is 0 Å². The number of amides is 2. The Morgan fingerprint density at radius 3 is 2.23 bits per heavy atom. The zero-order valence-corrected chi connectivity index (χ0v) is 16.4. The lowest BCUT2D eigenvalue weighted by Crippen LogP contribution is -2.35. The minimum atomic E-state index is -0.313. The van der Waals surface area contributed by atoms with Crippen molar-refractivity contribution >= 4 is 52.3 Å². The van der Waals surface area contributed by atoms with E-state index in [9.17, 15) is 9.59 Å². The van der Waals surface area contributed by atoms with Crippen LogP contribution in [-0.2, 0) is 4.79 Å². The summed E-state index contributed by atoms with van der Waals surface area (Å²) in [5.74, 6) is -0.271. The molecular weight excluding hydrogens is 386 g/mol. The lowest BCUT2D eigenvalue weighted by molar-refractivity contribution is -0.123. The molecule has 6 heteroatoms. The Labute approximate surface area is 166 Å². The van der Waals surface area contributed by atoms with Crippen molar-refractivity contribution in [1.29, 1.82) is 0 Å². The van der Waals surface area contributed by atoms with Crippen molar-refractivity contribution < 1.29 is 9.59 Å². The number of carbonyl (C=O) groups excluding carboxylic acids is 2. The normalized spacial score (nSPS) is 17.0. The van der Waals surface area contributed by atoms with Crippen molar-refractivity contribution in [2.24, 2.45) is 0 Å². The number of nitrogens with zero attached hydrogens (tertiary/aromatic N) is 1. The summed E-state index contributed by atoms with van der Waals surface area (Å²) in [4.78, 5) is 28.3. The molecule has 0 aliphatic carbocycles. The van der Waals surface area contributed by atoms with Gasteiger partial charge in [0, 0.05) is 14.8 Å². The second-order valence-corrected chi connectivity index (χ2v) is 8.23. The summed E-state index contributed by atoms with van der Waals surface area (Å²) in [6, 6.07) is 15.2. The van der Waals surface area contributed by atoms with Crippen molar-refractivity contribution in [3.05, 3.63) is 76.7 Å². The van der Waals surface area contributed by atoms with Gasteiger partial charge in [-0.05, 0) is 66.7 Å². The molecule has 1 saturated heterocycles. The van der Waals surface area contributed by atoms with Crippen LogP contribution in [0, 0.1) is 0 Å². The van der Waals surface area contributed by atoms with E-state index in [0.29, 0.717) is 9.93 Å². The molecule has 3 rings (SSSR count). The molecule has 0 saturated carbocycles. The molecule has 1 fully saturated rings. The van der Waals surface area contributed by atoms with E-state index in [0.717, 1.165) is 27.1 Å². The highest BCUT2D eigenvalue weighted by Crippen LogP contribution is 2.34. The van der Waals surface area contributed by atoms with Crippen LogP contribution in [0.4, 0.5) is 4.79 Å². The molecule has 0 radical (unpaired) electrons. The summed E-state index contributed by atoms with van der Waals surface area (Å²) in [5.41, 5.74) is 0.877. The van der Waals surface area contributed by atoms with Crippen molar-refractivity contribution in [3.63, 3.8) is 0 Å². The predicted octanol–water partition coefficient (Wildman–Crippen LogP) is 6.10. The van der Waals surface area contributed by atoms with Gasteiger partial charge in [0.2, 0.25) is 0 Å². The smallest absolute Gasteiger partial charge is 0.268 e. The zero-order valence-electron chi connectivity index (χ0n) is 14.0. The number of carbonyl (C=O) groups is 2. The maximum Gasteiger partial charge on any atom is 0.294 e. The molecule has 26 heavy (non-hydrogen) atoms. The van der Waals surface area contributed by atoms with Crippen LogP contribution in [0.5, 0.6) is 0 Å². The molecule has 1 aliphatic rings. The van der Waals surface area contributed by atoms with Crippen molar-refractivity contribution in [2.75, 3.05) is 0 Å². The van der Waals surface area contributed by atoms with Crippen LogP contribution in [0.15, 0.2) is 75.9 Å². The van der Waals surface area contributed by atoms with Crippen LogP contribution in [0.3, 0.4) is 0 Å². The van der Waals surface area contributed by atoms with Gasteiger partial charge in [0.15, 0.2) is 0 Å². The molecule has 132 valence electrons. The Hall–Kier alpha value is -1.95. The van der Waals surface area contributed by atoms with E-state index in [-0.39, 0.29) is 17.2 Å². The highest BCUT2D eigenvalue weighted by atomic mass is 35.5. The van der Waals surface area contributed by atoms with Gasteiger partial charge in [-0.15, -0.1) is 6.58 Å².